The minimum absolute atomic E-state index is 0.0681. The van der Waals surface area contributed by atoms with Crippen molar-refractivity contribution in [3.05, 3.63) is 70.9 Å². The Labute approximate surface area is 193 Å². The number of nitrogens with zero attached hydrogens (tertiary/aromatic N) is 2. The Morgan fingerprint density at radius 2 is 1.56 bits per heavy atom. The summed E-state index contributed by atoms with van der Waals surface area (Å²) in [6.45, 7) is 20.7. The van der Waals surface area contributed by atoms with Crippen LogP contribution in [0.1, 0.15) is 83.6 Å². The van der Waals surface area contributed by atoms with Crippen molar-refractivity contribution in [3.8, 4) is 5.82 Å². The highest BCUT2D eigenvalue weighted by Gasteiger charge is 2.29. The van der Waals surface area contributed by atoms with Crippen molar-refractivity contribution >= 4 is 21.8 Å². The first-order valence-corrected chi connectivity index (χ1v) is 11.9. The van der Waals surface area contributed by atoms with Crippen LogP contribution < -0.4 is 4.57 Å². The van der Waals surface area contributed by atoms with E-state index in [2.05, 4.69) is 127 Å². The summed E-state index contributed by atoms with van der Waals surface area (Å²) in [4.78, 5) is 0. The van der Waals surface area contributed by atoms with Crippen molar-refractivity contribution in [1.29, 1.82) is 0 Å². The Hall–Kier alpha value is -2.61. The first-order chi connectivity index (χ1) is 14.8. The monoisotopic (exact) mass is 427 g/mol. The molecule has 0 unspecified atom stereocenters. The van der Waals surface area contributed by atoms with Crippen LogP contribution in [0.5, 0.6) is 0 Å². The lowest BCUT2D eigenvalue weighted by Crippen LogP contribution is -2.34. The zero-order valence-corrected chi connectivity index (χ0v) is 21.6. The van der Waals surface area contributed by atoms with E-state index in [0.717, 1.165) is 0 Å². The Morgan fingerprint density at radius 1 is 0.875 bits per heavy atom. The molecule has 0 saturated carbocycles. The number of pyridine rings is 1. The quantitative estimate of drug-likeness (QED) is 0.291. The number of benzene rings is 2. The van der Waals surface area contributed by atoms with Gasteiger partial charge in [-0.05, 0) is 58.6 Å². The molecule has 0 radical (unpaired) electrons. The lowest BCUT2D eigenvalue weighted by molar-refractivity contribution is -0.665. The molecule has 4 aromatic rings. The molecule has 4 rings (SSSR count). The Balaban J connectivity index is 2.26. The summed E-state index contributed by atoms with van der Waals surface area (Å²) < 4.78 is 4.77. The van der Waals surface area contributed by atoms with E-state index in [4.69, 9.17) is 0 Å². The predicted molar refractivity (Wildman–Crippen MR) is 138 cm³/mol. The Morgan fingerprint density at radius 3 is 2.16 bits per heavy atom. The van der Waals surface area contributed by atoms with Crippen LogP contribution in [0.25, 0.3) is 27.6 Å². The highest BCUT2D eigenvalue weighted by Crippen LogP contribution is 2.41. The highest BCUT2D eigenvalue weighted by atomic mass is 15.1. The van der Waals surface area contributed by atoms with Gasteiger partial charge in [0.05, 0.1) is 13.2 Å². The fraction of sp³-hybridized carbons (Fsp3) is 0.433. The summed E-state index contributed by atoms with van der Waals surface area (Å²) in [5.41, 5.74) is 8.36. The van der Waals surface area contributed by atoms with Crippen LogP contribution in [0.4, 0.5) is 0 Å². The minimum Gasteiger partial charge on any atom is -0.237 e. The molecule has 0 aliphatic carbocycles. The first kappa shape index (κ1) is 22.6. The van der Waals surface area contributed by atoms with Crippen LogP contribution in [0, 0.1) is 6.92 Å². The molecule has 0 bridgehead atoms. The second kappa shape index (κ2) is 7.47. The van der Waals surface area contributed by atoms with E-state index >= 15 is 0 Å². The van der Waals surface area contributed by atoms with Crippen molar-refractivity contribution in [1.82, 2.24) is 4.57 Å². The average molecular weight is 428 g/mol. The molecule has 2 aromatic carbocycles. The fourth-order valence-electron chi connectivity index (χ4n) is 5.07. The molecule has 0 spiro atoms. The number of fused-ring (bicyclic) bond motifs is 3. The molecule has 32 heavy (non-hydrogen) atoms. The third-order valence-corrected chi connectivity index (χ3v) is 6.90. The van der Waals surface area contributed by atoms with Crippen molar-refractivity contribution < 1.29 is 4.57 Å². The predicted octanol–water partition coefficient (Wildman–Crippen LogP) is 7.64. The van der Waals surface area contributed by atoms with Crippen LogP contribution in [0.3, 0.4) is 0 Å². The molecule has 0 amide bonds. The maximum atomic E-state index is 2.51. The summed E-state index contributed by atoms with van der Waals surface area (Å²) in [5, 5.41) is 2.74. The van der Waals surface area contributed by atoms with Gasteiger partial charge in [0.2, 0.25) is 0 Å². The van der Waals surface area contributed by atoms with Crippen molar-refractivity contribution in [2.45, 2.75) is 79.1 Å². The molecule has 0 atom stereocenters. The SMILES string of the molecule is Cc1c(C(C)C)ccc2c3c(C(C)(C)C)cccc3n(-c3cc(C(C)(C)C)cc[n+]3C)c12. The smallest absolute Gasteiger partial charge is 0.237 e. The molecule has 0 aliphatic rings. The van der Waals surface area contributed by atoms with Crippen LogP contribution in [0.2, 0.25) is 0 Å². The summed E-state index contributed by atoms with van der Waals surface area (Å²) >= 11 is 0. The lowest BCUT2D eigenvalue weighted by atomic mass is 9.84. The van der Waals surface area contributed by atoms with E-state index in [1.807, 2.05) is 0 Å². The van der Waals surface area contributed by atoms with Crippen molar-refractivity contribution in [2.24, 2.45) is 7.05 Å². The van der Waals surface area contributed by atoms with Crippen LogP contribution in [0.15, 0.2) is 48.7 Å². The second-order valence-corrected chi connectivity index (χ2v) is 11.8. The third kappa shape index (κ3) is 3.54. The number of aromatic nitrogens is 2. The largest absolute Gasteiger partial charge is 0.286 e. The Kier molecular flexibility index (Phi) is 5.27. The number of aryl methyl sites for hydroxylation is 2. The summed E-state index contributed by atoms with van der Waals surface area (Å²) in [6, 6.07) is 16.2. The second-order valence-electron chi connectivity index (χ2n) is 11.8. The fourth-order valence-corrected chi connectivity index (χ4v) is 5.07. The topological polar surface area (TPSA) is 8.81 Å². The van der Waals surface area contributed by atoms with E-state index in [1.54, 1.807) is 0 Å². The molecule has 0 saturated heterocycles. The van der Waals surface area contributed by atoms with E-state index in [9.17, 15) is 0 Å². The van der Waals surface area contributed by atoms with Gasteiger partial charge in [-0.2, -0.15) is 4.57 Å². The Bertz CT molecular complexity index is 1320. The number of rotatable bonds is 2. The van der Waals surface area contributed by atoms with Gasteiger partial charge in [-0.25, -0.2) is 4.57 Å². The molecular weight excluding hydrogens is 388 g/mol. The highest BCUT2D eigenvalue weighted by molar-refractivity contribution is 6.12. The summed E-state index contributed by atoms with van der Waals surface area (Å²) in [5.74, 6) is 1.70. The molecule has 0 aliphatic heterocycles. The van der Waals surface area contributed by atoms with Crippen LogP contribution in [-0.2, 0) is 17.9 Å². The van der Waals surface area contributed by atoms with Crippen molar-refractivity contribution in [3.63, 3.8) is 0 Å². The van der Waals surface area contributed by atoms with E-state index < -0.39 is 0 Å². The van der Waals surface area contributed by atoms with E-state index in [-0.39, 0.29) is 10.8 Å². The molecule has 2 heterocycles. The summed E-state index contributed by atoms with van der Waals surface area (Å²) in [6.07, 6.45) is 2.21. The first-order valence-electron chi connectivity index (χ1n) is 11.9. The van der Waals surface area contributed by atoms with Gasteiger partial charge >= 0.3 is 0 Å². The standard InChI is InChI=1S/C30H39N2/c1-19(2)22-14-15-23-27-24(30(7,8)9)12-11-13-25(27)32(28(23)20(22)3)26-18-21(29(4,5)6)16-17-31(26)10/h11-19H,1-10H3/q+1. The van der Waals surface area contributed by atoms with Gasteiger partial charge in [-0.1, -0.05) is 73.6 Å². The molecule has 0 N–H and O–H groups in total. The van der Waals surface area contributed by atoms with Crippen molar-refractivity contribution in [2.75, 3.05) is 0 Å². The molecular formula is C30H39N2+. The molecule has 2 heteroatoms. The maximum absolute atomic E-state index is 2.51. The van der Waals surface area contributed by atoms with Gasteiger partial charge in [0.25, 0.3) is 5.82 Å². The van der Waals surface area contributed by atoms with Gasteiger partial charge < -0.3 is 0 Å². The maximum Gasteiger partial charge on any atom is 0.286 e. The zero-order chi connectivity index (χ0) is 23.6. The molecule has 168 valence electrons. The van der Waals surface area contributed by atoms with Crippen LogP contribution in [-0.4, -0.2) is 4.57 Å². The van der Waals surface area contributed by atoms with E-state index in [1.165, 1.54) is 49.9 Å². The number of hydrogen-bond donors (Lipinski definition) is 0. The molecule has 2 nitrogen and oxygen atoms in total. The summed E-state index contributed by atoms with van der Waals surface area (Å²) in [7, 11) is 2.16. The third-order valence-electron chi connectivity index (χ3n) is 6.90. The average Bonchev–Trinajstić information content (AvgIpc) is 3.02. The minimum atomic E-state index is 0.0681. The van der Waals surface area contributed by atoms with Gasteiger partial charge in [0, 0.05) is 22.4 Å². The van der Waals surface area contributed by atoms with E-state index in [0.29, 0.717) is 5.92 Å². The van der Waals surface area contributed by atoms with Gasteiger partial charge in [0.15, 0.2) is 0 Å². The molecule has 2 aromatic heterocycles. The lowest BCUT2D eigenvalue weighted by Gasteiger charge is -2.20. The van der Waals surface area contributed by atoms with Gasteiger partial charge in [-0.3, -0.25) is 0 Å². The normalized spacial score (nSPS) is 13.0. The number of hydrogen-bond acceptors (Lipinski definition) is 0. The van der Waals surface area contributed by atoms with Gasteiger partial charge in [0.1, 0.15) is 11.0 Å². The van der Waals surface area contributed by atoms with Gasteiger partial charge in [-0.15, -0.1) is 0 Å². The zero-order valence-electron chi connectivity index (χ0n) is 21.6. The molecule has 0 fully saturated rings. The van der Waals surface area contributed by atoms with Crippen LogP contribution >= 0.6 is 0 Å².